The highest BCUT2D eigenvalue weighted by Crippen LogP contribution is 2.43. The van der Waals surface area contributed by atoms with Crippen LogP contribution in [0.4, 0.5) is 16.3 Å². The van der Waals surface area contributed by atoms with Crippen LogP contribution in [0, 0.1) is 12.8 Å². The zero-order valence-corrected chi connectivity index (χ0v) is 52.9. The lowest BCUT2D eigenvalue weighted by molar-refractivity contribution is -0.134. The van der Waals surface area contributed by atoms with Gasteiger partial charge >= 0.3 is 6.09 Å². The third-order valence-corrected chi connectivity index (χ3v) is 17.6. The summed E-state index contributed by atoms with van der Waals surface area (Å²) in [5.74, 6) is 0.252. The number of piperidine rings is 1. The maximum absolute atomic E-state index is 14.6. The highest BCUT2D eigenvalue weighted by Gasteiger charge is 2.37. The Labute approximate surface area is 518 Å². The van der Waals surface area contributed by atoms with Gasteiger partial charge in [-0.25, -0.2) is 19.7 Å². The number of nitrogens with one attached hydrogen (secondary N) is 2. The van der Waals surface area contributed by atoms with Crippen molar-refractivity contribution in [2.75, 3.05) is 115 Å². The number of amides is 5. The number of hydrogen-bond acceptors (Lipinski definition) is 14. The number of fused-ring (bicyclic) bond motifs is 1. The first kappa shape index (κ1) is 64.4. The Balaban J connectivity index is 0.743. The van der Waals surface area contributed by atoms with E-state index in [1.54, 1.807) is 33.0 Å². The van der Waals surface area contributed by atoms with Gasteiger partial charge in [0.2, 0.25) is 17.7 Å². The lowest BCUT2D eigenvalue weighted by Gasteiger charge is -2.39. The first-order valence-electron chi connectivity index (χ1n) is 31.2. The molecule has 0 saturated carbocycles. The summed E-state index contributed by atoms with van der Waals surface area (Å²) in [5, 5.41) is 17.4. The van der Waals surface area contributed by atoms with Crippen LogP contribution in [0.15, 0.2) is 91.4 Å². The van der Waals surface area contributed by atoms with E-state index in [2.05, 4.69) is 80.0 Å². The number of halogens is 1. The van der Waals surface area contributed by atoms with Crippen molar-refractivity contribution in [3.63, 3.8) is 0 Å². The molecule has 0 unspecified atom stereocenters. The van der Waals surface area contributed by atoms with Crippen LogP contribution in [0.5, 0.6) is 0 Å². The van der Waals surface area contributed by atoms with Gasteiger partial charge in [-0.3, -0.25) is 33.9 Å². The number of aliphatic hydroxyl groups excluding tert-OH is 1. The largest absolute Gasteiger partial charge is 0.444 e. The fourth-order valence-electron chi connectivity index (χ4n) is 12.5. The van der Waals surface area contributed by atoms with E-state index in [-0.39, 0.29) is 54.2 Å². The van der Waals surface area contributed by atoms with Gasteiger partial charge in [0.25, 0.3) is 5.91 Å². The number of benzene rings is 3. The molecular weight excluding hydrogens is 1120 g/mol. The number of hydrogen-bond donors (Lipinski definition) is 3. The molecule has 20 heteroatoms. The molecule has 5 amide bonds. The van der Waals surface area contributed by atoms with Crippen LogP contribution in [0.25, 0.3) is 11.1 Å². The Morgan fingerprint density at radius 1 is 0.805 bits per heavy atom. The summed E-state index contributed by atoms with van der Waals surface area (Å²) in [6, 6.07) is 25.4. The van der Waals surface area contributed by atoms with Crippen molar-refractivity contribution in [3.05, 3.63) is 136 Å². The molecule has 0 radical (unpaired) electrons. The molecule has 0 spiro atoms. The monoisotopic (exact) mass is 1210 g/mol. The van der Waals surface area contributed by atoms with Crippen molar-refractivity contribution < 1.29 is 33.8 Å². The summed E-state index contributed by atoms with van der Waals surface area (Å²) in [7, 11) is 0. The maximum atomic E-state index is 14.6. The number of aromatic nitrogens is 3. The first-order chi connectivity index (χ1) is 41.7. The van der Waals surface area contributed by atoms with Crippen molar-refractivity contribution in [2.45, 2.75) is 117 Å². The summed E-state index contributed by atoms with van der Waals surface area (Å²) in [6.07, 6.45) is 5.14. The zero-order valence-electron chi connectivity index (χ0n) is 52.1. The quantitative estimate of drug-likeness (QED) is 0.0633. The molecular formula is C67H89ClN12O7. The molecule has 0 bridgehead atoms. The topological polar surface area (TPSA) is 200 Å². The van der Waals surface area contributed by atoms with Gasteiger partial charge in [0.1, 0.15) is 24.3 Å². The van der Waals surface area contributed by atoms with Crippen LogP contribution in [0.1, 0.15) is 130 Å². The third kappa shape index (κ3) is 17.2. The number of nitrogens with zero attached hydrogens (tertiary/aromatic N) is 10. The van der Waals surface area contributed by atoms with Crippen LogP contribution in [-0.2, 0) is 32.1 Å². The molecule has 2 aromatic heterocycles. The SMILES string of the molecule is CCc1cccc(-c2cnc(C(=O)N3CCC(CN4CCN(CC(=O)NCCN(C[C@@H](C(=O)N5CCN(c6ncnc7c6[C@H](C)C[C@H]7O)CC5)c5ccc(Cl)cc5)C(C)C)CC4)CC3)c(NC(=O)CN(Cc3cccc(C)c3)C(=O)OC(C)(C)C)c2)c1. The van der Waals surface area contributed by atoms with Crippen molar-refractivity contribution in [1.82, 2.24) is 49.7 Å². The standard InChI is InChI=1S/C67H89ClN12O7/c1-9-48-13-11-15-52(36-48)53-37-56(73-59(83)43-80(66(86)87-67(6,7)8)40-50-14-10-12-46(4)34-50)61(70-38-53)65(85)77-23-20-49(21-24-77)39-74-26-28-75(29-27-74)42-58(82)69-22-25-79(45(2)3)41-55(51-16-18-54(68)19-17-51)64(84)78-32-30-76(31-33-78)63-60-47(5)35-57(81)62(60)71-44-72-63/h10-19,34,36-38,44-45,47,49,55,57,81H,9,20-33,35,39-43H2,1-8H3,(H,69,82)(H,73,83)/t47-,55-,57-/m1/s1. The van der Waals surface area contributed by atoms with Gasteiger partial charge in [-0.2, -0.15) is 0 Å². The van der Waals surface area contributed by atoms with Gasteiger partial charge in [-0.15, -0.1) is 0 Å². The molecule has 4 aliphatic rings. The molecule has 3 aromatic carbocycles. The van der Waals surface area contributed by atoms with E-state index in [0.717, 1.165) is 96.7 Å². The molecule has 3 aliphatic heterocycles. The summed E-state index contributed by atoms with van der Waals surface area (Å²) < 4.78 is 5.74. The molecule has 3 saturated heterocycles. The zero-order chi connectivity index (χ0) is 61.9. The molecule has 87 heavy (non-hydrogen) atoms. The average Bonchev–Trinajstić information content (AvgIpc) is 2.56. The third-order valence-electron chi connectivity index (χ3n) is 17.3. The number of carbonyl (C=O) groups is 5. The summed E-state index contributed by atoms with van der Waals surface area (Å²) in [6.45, 7) is 25.0. The molecule has 9 rings (SSSR count). The first-order valence-corrected chi connectivity index (χ1v) is 31.6. The van der Waals surface area contributed by atoms with E-state index in [4.69, 9.17) is 21.3 Å². The average molecular weight is 1210 g/mol. The summed E-state index contributed by atoms with van der Waals surface area (Å²) in [4.78, 5) is 98.2. The van der Waals surface area contributed by atoms with Gasteiger partial charge in [0.05, 0.1) is 29.9 Å². The van der Waals surface area contributed by atoms with Crippen LogP contribution < -0.4 is 15.5 Å². The number of aryl methyl sites for hydroxylation is 2. The van der Waals surface area contributed by atoms with Crippen LogP contribution in [0.3, 0.4) is 0 Å². The number of ether oxygens (including phenoxy) is 1. The normalized spacial score (nSPS) is 18.2. The van der Waals surface area contributed by atoms with Crippen molar-refractivity contribution in [2.24, 2.45) is 5.92 Å². The van der Waals surface area contributed by atoms with Crippen molar-refractivity contribution >= 4 is 52.8 Å². The van der Waals surface area contributed by atoms with Crippen molar-refractivity contribution in [1.29, 1.82) is 0 Å². The Morgan fingerprint density at radius 3 is 2.20 bits per heavy atom. The van der Waals surface area contributed by atoms with E-state index in [1.807, 2.05) is 77.4 Å². The Bertz CT molecular complexity index is 3190. The van der Waals surface area contributed by atoms with Gasteiger partial charge in [-0.1, -0.05) is 91.7 Å². The fourth-order valence-corrected chi connectivity index (χ4v) is 12.6. The highest BCUT2D eigenvalue weighted by atomic mass is 35.5. The molecule has 19 nitrogen and oxygen atoms in total. The lowest BCUT2D eigenvalue weighted by Crippen LogP contribution is -2.52. The second-order valence-corrected chi connectivity index (χ2v) is 25.8. The van der Waals surface area contributed by atoms with E-state index < -0.39 is 29.6 Å². The number of piperazine rings is 2. The second-order valence-electron chi connectivity index (χ2n) is 25.4. The van der Waals surface area contributed by atoms with Gasteiger partial charge < -0.3 is 40.1 Å². The molecule has 3 atom stereocenters. The van der Waals surface area contributed by atoms with Crippen LogP contribution >= 0.6 is 11.6 Å². The van der Waals surface area contributed by atoms with Gasteiger partial charge in [-0.05, 0) is 120 Å². The van der Waals surface area contributed by atoms with E-state index in [9.17, 15) is 29.1 Å². The Kier molecular flexibility index (Phi) is 21.7. The number of aliphatic hydroxyl groups is 1. The molecule has 5 heterocycles. The molecule has 466 valence electrons. The number of pyridine rings is 1. The fraction of sp³-hybridized carbons (Fsp3) is 0.522. The van der Waals surface area contributed by atoms with E-state index >= 15 is 0 Å². The van der Waals surface area contributed by atoms with Crippen LogP contribution in [0.2, 0.25) is 5.02 Å². The van der Waals surface area contributed by atoms with E-state index in [1.165, 1.54) is 11.2 Å². The van der Waals surface area contributed by atoms with Gasteiger partial charge in [0, 0.05) is 127 Å². The molecule has 1 aliphatic carbocycles. The minimum absolute atomic E-state index is 0.0240. The molecule has 5 aromatic rings. The number of rotatable bonds is 21. The van der Waals surface area contributed by atoms with Crippen molar-refractivity contribution in [3.8, 4) is 11.1 Å². The number of likely N-dealkylation sites (tertiary alicyclic amines) is 1. The highest BCUT2D eigenvalue weighted by molar-refractivity contribution is 6.30. The minimum atomic E-state index is -0.780. The Hall–Kier alpha value is -7.03. The number of carbonyl (C=O) groups excluding carboxylic acids is 5. The summed E-state index contributed by atoms with van der Waals surface area (Å²) >= 11 is 6.34. The predicted molar refractivity (Wildman–Crippen MR) is 340 cm³/mol. The second kappa shape index (κ2) is 29.3. The molecule has 3 N–H and O–H groups in total. The maximum Gasteiger partial charge on any atom is 0.411 e. The minimum Gasteiger partial charge on any atom is -0.444 e. The van der Waals surface area contributed by atoms with Gasteiger partial charge in [0.15, 0.2) is 5.69 Å². The predicted octanol–water partition coefficient (Wildman–Crippen LogP) is 8.41. The Morgan fingerprint density at radius 2 is 1.51 bits per heavy atom. The van der Waals surface area contributed by atoms with E-state index in [0.29, 0.717) is 88.5 Å². The molecule has 3 fully saturated rings. The smallest absolute Gasteiger partial charge is 0.411 e. The number of anilines is 2. The lowest BCUT2D eigenvalue weighted by atomic mass is 9.95. The summed E-state index contributed by atoms with van der Waals surface area (Å²) in [5.41, 5.74) is 6.97. The van der Waals surface area contributed by atoms with Crippen LogP contribution in [-0.4, -0.2) is 196 Å².